The van der Waals surface area contributed by atoms with Crippen molar-refractivity contribution in [3.8, 4) is 11.5 Å². The van der Waals surface area contributed by atoms with Gasteiger partial charge in [-0.3, -0.25) is 10.1 Å². The van der Waals surface area contributed by atoms with Crippen LogP contribution in [0.15, 0.2) is 46.9 Å². The molecule has 6 heteroatoms. The van der Waals surface area contributed by atoms with E-state index < -0.39 is 4.92 Å². The summed E-state index contributed by atoms with van der Waals surface area (Å²) >= 11 is 3.41. The molecule has 0 N–H and O–H groups in total. The van der Waals surface area contributed by atoms with Crippen LogP contribution < -0.4 is 9.47 Å². The molecule has 0 aliphatic rings. The van der Waals surface area contributed by atoms with E-state index in [9.17, 15) is 10.1 Å². The van der Waals surface area contributed by atoms with Crippen LogP contribution in [-0.2, 0) is 6.61 Å². The highest BCUT2D eigenvalue weighted by atomic mass is 79.9. The SMILES string of the molecule is COc1ccc(OCc2ccccc2Br)c([N+](=O)[O-])c1. The smallest absolute Gasteiger partial charge is 0.314 e. The van der Waals surface area contributed by atoms with Crippen LogP contribution in [0.1, 0.15) is 5.56 Å². The van der Waals surface area contributed by atoms with Crippen LogP contribution in [0.4, 0.5) is 5.69 Å². The predicted molar refractivity (Wildman–Crippen MR) is 78.1 cm³/mol. The molecule has 0 unspecified atom stereocenters. The Morgan fingerprint density at radius 2 is 2.00 bits per heavy atom. The lowest BCUT2D eigenvalue weighted by molar-refractivity contribution is -0.386. The quantitative estimate of drug-likeness (QED) is 0.612. The molecule has 2 aromatic carbocycles. The molecule has 0 heterocycles. The number of ether oxygens (including phenoxy) is 2. The zero-order valence-corrected chi connectivity index (χ0v) is 12.3. The Morgan fingerprint density at radius 3 is 2.65 bits per heavy atom. The summed E-state index contributed by atoms with van der Waals surface area (Å²) in [7, 11) is 1.46. The number of benzene rings is 2. The zero-order valence-electron chi connectivity index (χ0n) is 10.7. The minimum Gasteiger partial charge on any atom is -0.496 e. The average molecular weight is 338 g/mol. The lowest BCUT2D eigenvalue weighted by Gasteiger charge is -2.09. The molecule has 0 saturated heterocycles. The van der Waals surface area contributed by atoms with Gasteiger partial charge in [0.15, 0.2) is 5.75 Å². The monoisotopic (exact) mass is 337 g/mol. The van der Waals surface area contributed by atoms with E-state index in [0.717, 1.165) is 10.0 Å². The normalized spacial score (nSPS) is 10.1. The van der Waals surface area contributed by atoms with Crippen molar-refractivity contribution in [1.82, 2.24) is 0 Å². The molecule has 0 saturated carbocycles. The first-order chi connectivity index (χ1) is 9.61. The van der Waals surface area contributed by atoms with Gasteiger partial charge < -0.3 is 9.47 Å². The van der Waals surface area contributed by atoms with Crippen LogP contribution in [-0.4, -0.2) is 12.0 Å². The van der Waals surface area contributed by atoms with Gasteiger partial charge in [-0.1, -0.05) is 34.1 Å². The van der Waals surface area contributed by atoms with E-state index in [0.29, 0.717) is 5.75 Å². The van der Waals surface area contributed by atoms with Gasteiger partial charge in [-0.25, -0.2) is 0 Å². The third-order valence-corrected chi connectivity index (χ3v) is 3.48. The summed E-state index contributed by atoms with van der Waals surface area (Å²) < 4.78 is 11.4. The molecule has 0 radical (unpaired) electrons. The van der Waals surface area contributed by atoms with Crippen molar-refractivity contribution in [2.45, 2.75) is 6.61 Å². The molecule has 20 heavy (non-hydrogen) atoms. The maximum Gasteiger partial charge on any atom is 0.314 e. The summed E-state index contributed by atoms with van der Waals surface area (Å²) in [4.78, 5) is 10.5. The van der Waals surface area contributed by atoms with E-state index in [1.54, 1.807) is 6.07 Å². The first-order valence-electron chi connectivity index (χ1n) is 5.80. The maximum absolute atomic E-state index is 11.0. The molecule has 0 atom stereocenters. The maximum atomic E-state index is 11.0. The number of nitrogens with zero attached hydrogens (tertiary/aromatic N) is 1. The zero-order chi connectivity index (χ0) is 14.5. The summed E-state index contributed by atoms with van der Waals surface area (Å²) in [6, 6.07) is 12.1. The largest absolute Gasteiger partial charge is 0.496 e. The fraction of sp³-hybridized carbons (Fsp3) is 0.143. The summed E-state index contributed by atoms with van der Waals surface area (Å²) in [5.41, 5.74) is 0.800. The van der Waals surface area contributed by atoms with E-state index in [1.807, 2.05) is 24.3 Å². The van der Waals surface area contributed by atoms with Crippen molar-refractivity contribution in [3.05, 3.63) is 62.6 Å². The topological polar surface area (TPSA) is 61.6 Å². The van der Waals surface area contributed by atoms with E-state index in [4.69, 9.17) is 9.47 Å². The third kappa shape index (κ3) is 3.27. The van der Waals surface area contributed by atoms with Crippen LogP contribution in [0.25, 0.3) is 0 Å². The van der Waals surface area contributed by atoms with E-state index in [1.165, 1.54) is 19.2 Å². The van der Waals surface area contributed by atoms with Crippen LogP contribution >= 0.6 is 15.9 Å². The molecular weight excluding hydrogens is 326 g/mol. The fourth-order valence-electron chi connectivity index (χ4n) is 1.66. The van der Waals surface area contributed by atoms with Gasteiger partial charge in [0.1, 0.15) is 12.4 Å². The standard InChI is InChI=1S/C14H12BrNO4/c1-19-11-6-7-14(13(8-11)16(17)18)20-9-10-4-2-3-5-12(10)15/h2-8H,9H2,1H3. The highest BCUT2D eigenvalue weighted by Crippen LogP contribution is 2.32. The molecule has 0 aromatic heterocycles. The van der Waals surface area contributed by atoms with Crippen molar-refractivity contribution in [2.75, 3.05) is 7.11 Å². The molecule has 104 valence electrons. The van der Waals surface area contributed by atoms with Gasteiger partial charge in [-0.2, -0.15) is 0 Å². The highest BCUT2D eigenvalue weighted by Gasteiger charge is 2.16. The number of nitro benzene ring substituents is 1. The predicted octanol–water partition coefficient (Wildman–Crippen LogP) is 3.94. The second-order valence-electron chi connectivity index (χ2n) is 3.97. The first-order valence-corrected chi connectivity index (χ1v) is 6.59. The Hall–Kier alpha value is -2.08. The second kappa shape index (κ2) is 6.38. The number of nitro groups is 1. The average Bonchev–Trinajstić information content (AvgIpc) is 2.46. The van der Waals surface area contributed by atoms with Crippen molar-refractivity contribution in [3.63, 3.8) is 0 Å². The van der Waals surface area contributed by atoms with Crippen molar-refractivity contribution in [2.24, 2.45) is 0 Å². The second-order valence-corrected chi connectivity index (χ2v) is 4.83. The Labute approximate surface area is 124 Å². The van der Waals surface area contributed by atoms with Gasteiger partial charge in [0.05, 0.1) is 18.1 Å². The summed E-state index contributed by atoms with van der Waals surface area (Å²) in [6.45, 7) is 0.245. The number of halogens is 1. The van der Waals surface area contributed by atoms with Crippen molar-refractivity contribution < 1.29 is 14.4 Å². The number of methoxy groups -OCH3 is 1. The Balaban J connectivity index is 2.21. The van der Waals surface area contributed by atoms with E-state index in [-0.39, 0.29) is 18.0 Å². The summed E-state index contributed by atoms with van der Waals surface area (Å²) in [5.74, 6) is 0.636. The Bertz CT molecular complexity index is 630. The number of rotatable bonds is 5. The van der Waals surface area contributed by atoms with Gasteiger partial charge in [-0.05, 0) is 18.2 Å². The number of hydrogen-bond acceptors (Lipinski definition) is 4. The lowest BCUT2D eigenvalue weighted by atomic mass is 10.2. The molecule has 0 bridgehead atoms. The minimum absolute atomic E-state index is 0.114. The van der Waals surface area contributed by atoms with Crippen molar-refractivity contribution >= 4 is 21.6 Å². The van der Waals surface area contributed by atoms with Gasteiger partial charge in [0, 0.05) is 10.0 Å². The van der Waals surface area contributed by atoms with Crippen LogP contribution in [0.2, 0.25) is 0 Å². The molecular formula is C14H12BrNO4. The summed E-state index contributed by atoms with van der Waals surface area (Å²) in [5, 5.41) is 11.0. The molecule has 5 nitrogen and oxygen atoms in total. The molecule has 0 amide bonds. The minimum atomic E-state index is -0.488. The lowest BCUT2D eigenvalue weighted by Crippen LogP contribution is -2.00. The Kier molecular flexibility index (Phi) is 4.57. The van der Waals surface area contributed by atoms with Gasteiger partial charge in [0.2, 0.25) is 0 Å². The Morgan fingerprint density at radius 1 is 1.25 bits per heavy atom. The van der Waals surface area contributed by atoms with Crippen LogP contribution in [0, 0.1) is 10.1 Å². The van der Waals surface area contributed by atoms with Crippen molar-refractivity contribution in [1.29, 1.82) is 0 Å². The fourth-order valence-corrected chi connectivity index (χ4v) is 2.06. The first kappa shape index (κ1) is 14.3. The molecule has 0 aliphatic heterocycles. The third-order valence-electron chi connectivity index (χ3n) is 2.70. The molecule has 0 spiro atoms. The van der Waals surface area contributed by atoms with Crippen LogP contribution in [0.5, 0.6) is 11.5 Å². The van der Waals surface area contributed by atoms with Crippen LogP contribution in [0.3, 0.4) is 0 Å². The number of hydrogen-bond donors (Lipinski definition) is 0. The molecule has 2 rings (SSSR count). The van der Waals surface area contributed by atoms with Gasteiger partial charge >= 0.3 is 5.69 Å². The highest BCUT2D eigenvalue weighted by molar-refractivity contribution is 9.10. The summed E-state index contributed by atoms with van der Waals surface area (Å²) in [6.07, 6.45) is 0. The van der Waals surface area contributed by atoms with Gasteiger partial charge in [0.25, 0.3) is 0 Å². The molecule has 2 aromatic rings. The van der Waals surface area contributed by atoms with E-state index >= 15 is 0 Å². The molecule has 0 fully saturated rings. The van der Waals surface area contributed by atoms with Gasteiger partial charge in [-0.15, -0.1) is 0 Å². The van der Waals surface area contributed by atoms with E-state index in [2.05, 4.69) is 15.9 Å². The molecule has 0 aliphatic carbocycles.